The zero-order valence-corrected chi connectivity index (χ0v) is 4.89. The van der Waals surface area contributed by atoms with E-state index in [9.17, 15) is 13.2 Å². The standard InChI is InChI=1S/C4H7F3O3/c5-4(6,7)3(10,1-8)2-9/h8-10H,1-2H2. The van der Waals surface area contributed by atoms with Crippen LogP contribution in [-0.2, 0) is 0 Å². The van der Waals surface area contributed by atoms with E-state index in [4.69, 9.17) is 15.3 Å². The molecule has 0 aliphatic heterocycles. The summed E-state index contributed by atoms with van der Waals surface area (Å²) in [6, 6.07) is 0. The summed E-state index contributed by atoms with van der Waals surface area (Å²) in [4.78, 5) is 0. The second-order valence-electron chi connectivity index (χ2n) is 1.85. The Bertz CT molecular complexity index is 107. The highest BCUT2D eigenvalue weighted by atomic mass is 19.4. The van der Waals surface area contributed by atoms with E-state index in [0.717, 1.165) is 0 Å². The van der Waals surface area contributed by atoms with Crippen molar-refractivity contribution in [3.05, 3.63) is 0 Å². The fraction of sp³-hybridized carbons (Fsp3) is 1.00. The molecule has 0 saturated heterocycles. The van der Waals surface area contributed by atoms with Crippen molar-refractivity contribution in [3.63, 3.8) is 0 Å². The van der Waals surface area contributed by atoms with E-state index < -0.39 is 25.0 Å². The normalized spacial score (nSPS) is 13.8. The maximum absolute atomic E-state index is 11.5. The first-order chi connectivity index (χ1) is 4.37. The molecule has 6 heteroatoms. The monoisotopic (exact) mass is 160 g/mol. The molecule has 0 radical (unpaired) electrons. The van der Waals surface area contributed by atoms with Gasteiger partial charge < -0.3 is 15.3 Å². The van der Waals surface area contributed by atoms with Gasteiger partial charge in [0.05, 0.1) is 13.2 Å². The second-order valence-corrected chi connectivity index (χ2v) is 1.85. The first-order valence-electron chi connectivity index (χ1n) is 2.38. The van der Waals surface area contributed by atoms with E-state index in [0.29, 0.717) is 0 Å². The molecule has 0 aromatic rings. The molecule has 0 atom stereocenters. The van der Waals surface area contributed by atoms with Crippen LogP contribution in [0.4, 0.5) is 13.2 Å². The highest BCUT2D eigenvalue weighted by Crippen LogP contribution is 2.29. The number of halogens is 3. The average molecular weight is 160 g/mol. The lowest BCUT2D eigenvalue weighted by atomic mass is 10.1. The molecule has 0 rings (SSSR count). The molecule has 0 aromatic heterocycles. The van der Waals surface area contributed by atoms with Crippen LogP contribution in [0.15, 0.2) is 0 Å². The predicted octanol–water partition coefficient (Wildman–Crippen LogP) is -0.736. The Morgan fingerprint density at radius 2 is 1.30 bits per heavy atom. The largest absolute Gasteiger partial charge is 0.421 e. The Hall–Kier alpha value is -0.330. The Morgan fingerprint density at radius 3 is 1.30 bits per heavy atom. The average Bonchev–Trinajstić information content (AvgIpc) is 1.84. The minimum absolute atomic E-state index is 1.53. The highest BCUT2D eigenvalue weighted by molar-refractivity contribution is 4.84. The van der Waals surface area contributed by atoms with E-state index in [-0.39, 0.29) is 0 Å². The van der Waals surface area contributed by atoms with Gasteiger partial charge in [-0.2, -0.15) is 13.2 Å². The fourth-order valence-corrected chi connectivity index (χ4v) is 0.229. The number of rotatable bonds is 2. The number of hydrogen-bond acceptors (Lipinski definition) is 3. The van der Waals surface area contributed by atoms with Crippen LogP contribution in [0.1, 0.15) is 0 Å². The SMILES string of the molecule is OCC(O)(CO)C(F)(F)F. The van der Waals surface area contributed by atoms with Crippen molar-refractivity contribution in [2.24, 2.45) is 0 Å². The highest BCUT2D eigenvalue weighted by Gasteiger charge is 2.53. The van der Waals surface area contributed by atoms with E-state index in [1.54, 1.807) is 0 Å². The molecule has 0 heterocycles. The van der Waals surface area contributed by atoms with E-state index in [2.05, 4.69) is 0 Å². The summed E-state index contributed by atoms with van der Waals surface area (Å²) in [7, 11) is 0. The molecule has 0 aromatic carbocycles. The number of aliphatic hydroxyl groups excluding tert-OH is 2. The molecule has 10 heavy (non-hydrogen) atoms. The van der Waals surface area contributed by atoms with Crippen LogP contribution in [0.2, 0.25) is 0 Å². The van der Waals surface area contributed by atoms with Crippen LogP contribution in [-0.4, -0.2) is 40.3 Å². The van der Waals surface area contributed by atoms with Gasteiger partial charge in [-0.3, -0.25) is 0 Å². The summed E-state index contributed by atoms with van der Waals surface area (Å²) in [6.45, 7) is -3.07. The van der Waals surface area contributed by atoms with E-state index in [1.807, 2.05) is 0 Å². The lowest BCUT2D eigenvalue weighted by Gasteiger charge is -2.25. The minimum atomic E-state index is -4.99. The quantitative estimate of drug-likeness (QED) is 0.498. The molecule has 0 aliphatic rings. The van der Waals surface area contributed by atoms with E-state index in [1.165, 1.54) is 0 Å². The van der Waals surface area contributed by atoms with Crippen LogP contribution in [0.5, 0.6) is 0 Å². The summed E-state index contributed by atoms with van der Waals surface area (Å²) in [6.07, 6.45) is -4.99. The lowest BCUT2D eigenvalue weighted by Crippen LogP contribution is -2.51. The van der Waals surface area contributed by atoms with E-state index >= 15 is 0 Å². The van der Waals surface area contributed by atoms with Gasteiger partial charge in [-0.05, 0) is 0 Å². The Labute approximate surface area is 54.7 Å². The van der Waals surface area contributed by atoms with Gasteiger partial charge in [-0.1, -0.05) is 0 Å². The van der Waals surface area contributed by atoms with Crippen LogP contribution in [0, 0.1) is 0 Å². The third-order valence-corrected chi connectivity index (χ3v) is 1.05. The number of aliphatic hydroxyl groups is 3. The van der Waals surface area contributed by atoms with Gasteiger partial charge in [-0.25, -0.2) is 0 Å². The molecule has 0 fully saturated rings. The Morgan fingerprint density at radius 1 is 1.00 bits per heavy atom. The summed E-state index contributed by atoms with van der Waals surface area (Å²) in [5, 5.41) is 24.3. The molecule has 0 aliphatic carbocycles. The molecule has 0 saturated carbocycles. The van der Waals surface area contributed by atoms with Gasteiger partial charge in [0.15, 0.2) is 0 Å². The number of hydrogen-bond donors (Lipinski definition) is 3. The van der Waals surface area contributed by atoms with Crippen molar-refractivity contribution < 1.29 is 28.5 Å². The molecule has 3 nitrogen and oxygen atoms in total. The van der Waals surface area contributed by atoms with Gasteiger partial charge in [0, 0.05) is 0 Å². The van der Waals surface area contributed by atoms with Gasteiger partial charge in [0.2, 0.25) is 5.60 Å². The summed E-state index contributed by atoms with van der Waals surface area (Å²) in [5.74, 6) is 0. The zero-order chi connectivity index (χ0) is 8.41. The molecule has 0 amide bonds. The van der Waals surface area contributed by atoms with Gasteiger partial charge in [-0.15, -0.1) is 0 Å². The maximum atomic E-state index is 11.5. The topological polar surface area (TPSA) is 60.7 Å². The van der Waals surface area contributed by atoms with Crippen LogP contribution in [0.25, 0.3) is 0 Å². The minimum Gasteiger partial charge on any atom is -0.393 e. The lowest BCUT2D eigenvalue weighted by molar-refractivity contribution is -0.281. The van der Waals surface area contributed by atoms with Crippen molar-refractivity contribution in [2.75, 3.05) is 13.2 Å². The predicted molar refractivity (Wildman–Crippen MR) is 25.2 cm³/mol. The fourth-order valence-electron chi connectivity index (χ4n) is 0.229. The number of alkyl halides is 3. The van der Waals surface area contributed by atoms with Crippen molar-refractivity contribution in [2.45, 2.75) is 11.8 Å². The van der Waals surface area contributed by atoms with Crippen LogP contribution < -0.4 is 0 Å². The Balaban J connectivity index is 4.33. The third kappa shape index (κ3) is 1.59. The van der Waals surface area contributed by atoms with Crippen molar-refractivity contribution >= 4 is 0 Å². The first kappa shape index (κ1) is 9.67. The van der Waals surface area contributed by atoms with Crippen LogP contribution >= 0.6 is 0 Å². The van der Waals surface area contributed by atoms with Crippen molar-refractivity contribution in [1.82, 2.24) is 0 Å². The summed E-state index contributed by atoms with van der Waals surface area (Å²) < 4.78 is 34.6. The smallest absolute Gasteiger partial charge is 0.393 e. The van der Waals surface area contributed by atoms with Crippen LogP contribution in [0.3, 0.4) is 0 Å². The van der Waals surface area contributed by atoms with Gasteiger partial charge >= 0.3 is 6.18 Å². The molecule has 62 valence electrons. The first-order valence-corrected chi connectivity index (χ1v) is 2.38. The zero-order valence-electron chi connectivity index (χ0n) is 4.89. The molecule has 0 spiro atoms. The second kappa shape index (κ2) is 2.73. The summed E-state index contributed by atoms with van der Waals surface area (Å²) in [5.41, 5.74) is -3.37. The molecular formula is C4H7F3O3. The maximum Gasteiger partial charge on any atom is 0.421 e. The molecule has 0 unspecified atom stereocenters. The third-order valence-electron chi connectivity index (χ3n) is 1.05. The molecule has 0 bridgehead atoms. The molecule has 3 N–H and O–H groups in total. The van der Waals surface area contributed by atoms with Crippen molar-refractivity contribution in [1.29, 1.82) is 0 Å². The summed E-state index contributed by atoms with van der Waals surface area (Å²) >= 11 is 0. The molecular weight excluding hydrogens is 153 g/mol. The Kier molecular flexibility index (Phi) is 2.64. The van der Waals surface area contributed by atoms with Gasteiger partial charge in [0.1, 0.15) is 0 Å². The van der Waals surface area contributed by atoms with Gasteiger partial charge in [0.25, 0.3) is 0 Å². The van der Waals surface area contributed by atoms with Crippen molar-refractivity contribution in [3.8, 4) is 0 Å².